The van der Waals surface area contributed by atoms with Crippen molar-refractivity contribution in [1.82, 2.24) is 4.98 Å². The molecule has 2 aromatic rings. The summed E-state index contributed by atoms with van der Waals surface area (Å²) < 4.78 is 0. The highest BCUT2D eigenvalue weighted by molar-refractivity contribution is 5.90. The van der Waals surface area contributed by atoms with Gasteiger partial charge in [0.25, 0.3) is 0 Å². The van der Waals surface area contributed by atoms with Crippen molar-refractivity contribution in [2.24, 2.45) is 0 Å². The lowest BCUT2D eigenvalue weighted by Gasteiger charge is -2.07. The Balaban J connectivity index is 2.37. The van der Waals surface area contributed by atoms with Crippen LogP contribution in [0.4, 0.5) is 5.69 Å². The van der Waals surface area contributed by atoms with Gasteiger partial charge in [0.15, 0.2) is 0 Å². The van der Waals surface area contributed by atoms with Crippen LogP contribution in [-0.2, 0) is 6.42 Å². The van der Waals surface area contributed by atoms with Crippen molar-refractivity contribution in [3.8, 4) is 0 Å². The first-order chi connectivity index (χ1) is 8.16. The normalized spacial score (nSPS) is 10.1. The van der Waals surface area contributed by atoms with Gasteiger partial charge in [-0.05, 0) is 41.8 Å². The third-order valence-corrected chi connectivity index (χ3v) is 2.48. The zero-order chi connectivity index (χ0) is 12.3. The first-order valence-corrected chi connectivity index (χ1v) is 5.17. The maximum Gasteiger partial charge on any atom is 0.335 e. The van der Waals surface area contributed by atoms with E-state index < -0.39 is 5.97 Å². The van der Waals surface area contributed by atoms with Crippen LogP contribution < -0.4 is 5.73 Å². The first-order valence-electron chi connectivity index (χ1n) is 5.17. The zero-order valence-electron chi connectivity index (χ0n) is 9.13. The molecular formula is C13H12N2O2. The molecule has 86 valence electrons. The number of carbonyl (C=O) groups is 1. The Morgan fingerprint density at radius 1 is 1.35 bits per heavy atom. The molecule has 1 aromatic carbocycles. The van der Waals surface area contributed by atoms with Crippen molar-refractivity contribution in [3.63, 3.8) is 0 Å². The van der Waals surface area contributed by atoms with Gasteiger partial charge in [0.05, 0.1) is 5.56 Å². The molecule has 0 saturated carbocycles. The van der Waals surface area contributed by atoms with Crippen LogP contribution in [0.5, 0.6) is 0 Å². The smallest absolute Gasteiger partial charge is 0.335 e. The van der Waals surface area contributed by atoms with Gasteiger partial charge in [0.2, 0.25) is 0 Å². The van der Waals surface area contributed by atoms with Crippen LogP contribution in [0.25, 0.3) is 0 Å². The van der Waals surface area contributed by atoms with E-state index in [1.807, 2.05) is 12.1 Å². The number of benzene rings is 1. The van der Waals surface area contributed by atoms with E-state index in [1.54, 1.807) is 24.5 Å². The number of nitrogens with zero attached hydrogens (tertiary/aromatic N) is 1. The van der Waals surface area contributed by atoms with Gasteiger partial charge in [-0.15, -0.1) is 0 Å². The Hall–Kier alpha value is -2.36. The molecule has 0 saturated heterocycles. The number of pyridine rings is 1. The second-order valence-electron chi connectivity index (χ2n) is 3.76. The quantitative estimate of drug-likeness (QED) is 0.787. The van der Waals surface area contributed by atoms with Crippen molar-refractivity contribution in [1.29, 1.82) is 0 Å². The van der Waals surface area contributed by atoms with Crippen LogP contribution in [-0.4, -0.2) is 16.1 Å². The lowest BCUT2D eigenvalue weighted by Crippen LogP contribution is -2.04. The standard InChI is InChI=1S/C13H12N2O2/c14-11-3-4-12(13(16)17)10(7-11)6-9-2-1-5-15-8-9/h1-5,7-8H,6,14H2,(H,16,17). The van der Waals surface area contributed by atoms with E-state index >= 15 is 0 Å². The number of carboxylic acids is 1. The minimum atomic E-state index is -0.941. The highest BCUT2D eigenvalue weighted by Crippen LogP contribution is 2.17. The van der Waals surface area contributed by atoms with Crippen molar-refractivity contribution in [2.75, 3.05) is 5.73 Å². The topological polar surface area (TPSA) is 76.2 Å². The molecule has 0 aliphatic carbocycles. The van der Waals surface area contributed by atoms with Crippen LogP contribution in [0.15, 0.2) is 42.7 Å². The Kier molecular flexibility index (Phi) is 3.05. The maximum absolute atomic E-state index is 11.1. The summed E-state index contributed by atoms with van der Waals surface area (Å²) in [6.45, 7) is 0. The summed E-state index contributed by atoms with van der Waals surface area (Å²) in [4.78, 5) is 15.1. The monoisotopic (exact) mass is 228 g/mol. The second-order valence-corrected chi connectivity index (χ2v) is 3.76. The molecule has 0 atom stereocenters. The minimum absolute atomic E-state index is 0.281. The molecule has 0 aliphatic rings. The number of nitrogen functional groups attached to an aromatic ring is 1. The van der Waals surface area contributed by atoms with Gasteiger partial charge in [0, 0.05) is 18.1 Å². The molecule has 0 unspecified atom stereocenters. The molecule has 2 rings (SSSR count). The molecule has 3 N–H and O–H groups in total. The largest absolute Gasteiger partial charge is 0.478 e. The van der Waals surface area contributed by atoms with Crippen molar-refractivity contribution < 1.29 is 9.90 Å². The van der Waals surface area contributed by atoms with Gasteiger partial charge in [-0.1, -0.05) is 6.07 Å². The summed E-state index contributed by atoms with van der Waals surface area (Å²) in [5, 5.41) is 9.08. The summed E-state index contributed by atoms with van der Waals surface area (Å²) in [6, 6.07) is 8.54. The fourth-order valence-corrected chi connectivity index (χ4v) is 1.69. The predicted octanol–water partition coefficient (Wildman–Crippen LogP) is 1.95. The predicted molar refractivity (Wildman–Crippen MR) is 64.9 cm³/mol. The number of aromatic carboxylic acids is 1. The molecule has 17 heavy (non-hydrogen) atoms. The van der Waals surface area contributed by atoms with Crippen molar-refractivity contribution in [3.05, 3.63) is 59.4 Å². The number of hydrogen-bond donors (Lipinski definition) is 2. The highest BCUT2D eigenvalue weighted by atomic mass is 16.4. The van der Waals surface area contributed by atoms with E-state index in [9.17, 15) is 4.79 Å². The Morgan fingerprint density at radius 3 is 2.82 bits per heavy atom. The summed E-state index contributed by atoms with van der Waals surface area (Å²) in [5.74, 6) is -0.941. The molecule has 0 amide bonds. The van der Waals surface area contributed by atoms with E-state index in [4.69, 9.17) is 10.8 Å². The van der Waals surface area contributed by atoms with Crippen LogP contribution in [0.2, 0.25) is 0 Å². The third kappa shape index (κ3) is 2.60. The summed E-state index contributed by atoms with van der Waals surface area (Å²) in [6.07, 6.45) is 3.91. The number of hydrogen-bond acceptors (Lipinski definition) is 3. The third-order valence-electron chi connectivity index (χ3n) is 2.48. The summed E-state index contributed by atoms with van der Waals surface area (Å²) in [5.41, 5.74) is 8.18. The maximum atomic E-state index is 11.1. The molecule has 4 nitrogen and oxygen atoms in total. The van der Waals surface area contributed by atoms with Gasteiger partial charge in [-0.2, -0.15) is 0 Å². The number of anilines is 1. The van der Waals surface area contributed by atoms with Gasteiger partial charge < -0.3 is 10.8 Å². The Bertz CT molecular complexity index is 538. The highest BCUT2D eigenvalue weighted by Gasteiger charge is 2.10. The molecule has 0 fully saturated rings. The number of nitrogens with two attached hydrogens (primary N) is 1. The molecule has 1 heterocycles. The van der Waals surface area contributed by atoms with Crippen LogP contribution in [0, 0.1) is 0 Å². The lowest BCUT2D eigenvalue weighted by molar-refractivity contribution is 0.0696. The van der Waals surface area contributed by atoms with Gasteiger partial charge in [-0.25, -0.2) is 4.79 Å². The van der Waals surface area contributed by atoms with E-state index in [0.29, 0.717) is 17.7 Å². The molecule has 1 aromatic heterocycles. The average molecular weight is 228 g/mol. The van der Waals surface area contributed by atoms with E-state index in [0.717, 1.165) is 5.56 Å². The molecule has 0 radical (unpaired) electrons. The van der Waals surface area contributed by atoms with E-state index in [-0.39, 0.29) is 5.56 Å². The summed E-state index contributed by atoms with van der Waals surface area (Å²) in [7, 11) is 0. The van der Waals surface area contributed by atoms with Crippen LogP contribution in [0.3, 0.4) is 0 Å². The SMILES string of the molecule is Nc1ccc(C(=O)O)c(Cc2cccnc2)c1. The molecular weight excluding hydrogens is 216 g/mol. The van der Waals surface area contributed by atoms with Crippen molar-refractivity contribution in [2.45, 2.75) is 6.42 Å². The molecule has 4 heteroatoms. The average Bonchev–Trinajstić information content (AvgIpc) is 2.30. The number of rotatable bonds is 3. The zero-order valence-corrected chi connectivity index (χ0v) is 9.13. The Labute approximate surface area is 98.7 Å². The molecule has 0 aliphatic heterocycles. The fourth-order valence-electron chi connectivity index (χ4n) is 1.69. The molecule has 0 spiro atoms. The number of aromatic nitrogens is 1. The van der Waals surface area contributed by atoms with Gasteiger partial charge >= 0.3 is 5.97 Å². The van der Waals surface area contributed by atoms with Crippen LogP contribution >= 0.6 is 0 Å². The van der Waals surface area contributed by atoms with Gasteiger partial charge in [-0.3, -0.25) is 4.98 Å². The molecule has 0 bridgehead atoms. The fraction of sp³-hybridized carbons (Fsp3) is 0.0769. The van der Waals surface area contributed by atoms with E-state index in [2.05, 4.69) is 4.98 Å². The first kappa shape index (κ1) is 11.1. The second kappa shape index (κ2) is 4.65. The Morgan fingerprint density at radius 2 is 2.18 bits per heavy atom. The van der Waals surface area contributed by atoms with E-state index in [1.165, 1.54) is 6.07 Å². The summed E-state index contributed by atoms with van der Waals surface area (Å²) >= 11 is 0. The van der Waals surface area contributed by atoms with Crippen molar-refractivity contribution >= 4 is 11.7 Å². The minimum Gasteiger partial charge on any atom is -0.478 e. The van der Waals surface area contributed by atoms with Gasteiger partial charge in [0.1, 0.15) is 0 Å². The lowest BCUT2D eigenvalue weighted by atomic mass is 10.00. The van der Waals surface area contributed by atoms with Crippen LogP contribution in [0.1, 0.15) is 21.5 Å². The number of carboxylic acid groups (broad SMARTS) is 1.